The van der Waals surface area contributed by atoms with Crippen LogP contribution in [0.15, 0.2) is 77.7 Å². The van der Waals surface area contributed by atoms with Crippen molar-refractivity contribution in [2.75, 3.05) is 12.4 Å². The van der Waals surface area contributed by atoms with Gasteiger partial charge in [0.05, 0.1) is 7.11 Å². The molecule has 0 spiro atoms. The van der Waals surface area contributed by atoms with Gasteiger partial charge in [-0.2, -0.15) is 4.72 Å². The molecule has 0 aliphatic rings. The summed E-state index contributed by atoms with van der Waals surface area (Å²) in [5.41, 5.74) is 2.04. The van der Waals surface area contributed by atoms with Crippen molar-refractivity contribution in [3.8, 4) is 5.75 Å². The van der Waals surface area contributed by atoms with Gasteiger partial charge in [-0.3, -0.25) is 4.79 Å². The van der Waals surface area contributed by atoms with Gasteiger partial charge in [0.1, 0.15) is 16.7 Å². The number of nitrogens with one attached hydrogen (secondary N) is 2. The van der Waals surface area contributed by atoms with Gasteiger partial charge < -0.3 is 10.1 Å². The number of carbonyl (C=O) groups excluding carboxylic acids is 1. The van der Waals surface area contributed by atoms with Gasteiger partial charge in [0.15, 0.2) is 0 Å². The summed E-state index contributed by atoms with van der Waals surface area (Å²) in [6, 6.07) is 19.6. The molecule has 6 nitrogen and oxygen atoms in total. The van der Waals surface area contributed by atoms with Crippen LogP contribution in [-0.2, 0) is 21.2 Å². The number of benzene rings is 3. The topological polar surface area (TPSA) is 84.5 Å². The van der Waals surface area contributed by atoms with Gasteiger partial charge >= 0.3 is 0 Å². The Morgan fingerprint density at radius 1 is 1.03 bits per heavy atom. The van der Waals surface area contributed by atoms with Crippen molar-refractivity contribution < 1.29 is 17.9 Å². The highest BCUT2D eigenvalue weighted by Gasteiger charge is 2.28. The lowest BCUT2D eigenvalue weighted by atomic mass is 10.1. The van der Waals surface area contributed by atoms with Gasteiger partial charge in [-0.15, -0.1) is 0 Å². The zero-order valence-electron chi connectivity index (χ0n) is 17.1. The Labute approximate surface area is 187 Å². The molecular formula is C23H23ClN2O4S. The highest BCUT2D eigenvalue weighted by atomic mass is 35.5. The summed E-state index contributed by atoms with van der Waals surface area (Å²) in [4.78, 5) is 13.0. The van der Waals surface area contributed by atoms with E-state index < -0.39 is 22.0 Å². The number of hydrogen-bond acceptors (Lipinski definition) is 4. The Morgan fingerprint density at radius 3 is 2.45 bits per heavy atom. The molecule has 0 radical (unpaired) electrons. The molecule has 0 aliphatic carbocycles. The van der Waals surface area contributed by atoms with E-state index in [0.717, 1.165) is 11.1 Å². The van der Waals surface area contributed by atoms with Crippen LogP contribution in [0.25, 0.3) is 0 Å². The highest BCUT2D eigenvalue weighted by Crippen LogP contribution is 2.25. The molecule has 0 unspecified atom stereocenters. The first kappa shape index (κ1) is 22.8. The lowest BCUT2D eigenvalue weighted by Crippen LogP contribution is -2.45. The molecule has 1 amide bonds. The quantitative estimate of drug-likeness (QED) is 0.530. The van der Waals surface area contributed by atoms with Crippen LogP contribution >= 0.6 is 11.6 Å². The van der Waals surface area contributed by atoms with Gasteiger partial charge in [0, 0.05) is 10.7 Å². The molecule has 3 rings (SSSR count). The molecule has 0 saturated carbocycles. The number of halogens is 1. The van der Waals surface area contributed by atoms with Crippen molar-refractivity contribution in [3.63, 3.8) is 0 Å². The molecule has 31 heavy (non-hydrogen) atoms. The number of hydrogen-bond donors (Lipinski definition) is 2. The summed E-state index contributed by atoms with van der Waals surface area (Å²) in [7, 11) is -2.65. The van der Waals surface area contributed by atoms with Crippen LogP contribution < -0.4 is 14.8 Å². The second kappa shape index (κ2) is 9.96. The van der Waals surface area contributed by atoms with Gasteiger partial charge in [0.25, 0.3) is 0 Å². The van der Waals surface area contributed by atoms with Crippen LogP contribution in [0.1, 0.15) is 11.1 Å². The molecule has 0 bridgehead atoms. The second-order valence-electron chi connectivity index (χ2n) is 7.02. The zero-order valence-corrected chi connectivity index (χ0v) is 18.7. The third-order valence-electron chi connectivity index (χ3n) is 4.60. The van der Waals surface area contributed by atoms with E-state index in [2.05, 4.69) is 10.0 Å². The Hall–Kier alpha value is -2.87. The van der Waals surface area contributed by atoms with Crippen LogP contribution in [0.5, 0.6) is 5.75 Å². The minimum absolute atomic E-state index is 0.0244. The molecule has 8 heteroatoms. The van der Waals surface area contributed by atoms with Crippen molar-refractivity contribution in [2.45, 2.75) is 24.3 Å². The van der Waals surface area contributed by atoms with Crippen LogP contribution in [-0.4, -0.2) is 27.5 Å². The minimum atomic E-state index is -4.05. The van der Waals surface area contributed by atoms with Gasteiger partial charge in [-0.25, -0.2) is 8.42 Å². The average Bonchev–Trinajstić information content (AvgIpc) is 2.74. The second-order valence-corrected chi connectivity index (χ2v) is 9.14. The van der Waals surface area contributed by atoms with Gasteiger partial charge in [-0.1, -0.05) is 54.1 Å². The third kappa shape index (κ3) is 6.07. The fourth-order valence-corrected chi connectivity index (χ4v) is 4.72. The number of rotatable bonds is 8. The first-order valence-corrected chi connectivity index (χ1v) is 11.4. The van der Waals surface area contributed by atoms with E-state index in [4.69, 9.17) is 16.3 Å². The van der Waals surface area contributed by atoms with Gasteiger partial charge in [0.2, 0.25) is 15.9 Å². The van der Waals surface area contributed by atoms with Crippen molar-refractivity contribution in [3.05, 3.63) is 88.9 Å². The van der Waals surface area contributed by atoms with E-state index in [1.807, 2.05) is 30.3 Å². The van der Waals surface area contributed by atoms with E-state index >= 15 is 0 Å². The number of ether oxygens (including phenoxy) is 1. The van der Waals surface area contributed by atoms with Crippen LogP contribution in [0.2, 0.25) is 5.02 Å². The van der Waals surface area contributed by atoms with E-state index in [9.17, 15) is 13.2 Å². The number of anilines is 1. The van der Waals surface area contributed by atoms with Crippen LogP contribution in [0.4, 0.5) is 5.69 Å². The van der Waals surface area contributed by atoms with Crippen molar-refractivity contribution in [2.24, 2.45) is 0 Å². The molecule has 0 aliphatic heterocycles. The molecule has 3 aromatic carbocycles. The molecular weight excluding hydrogens is 436 g/mol. The third-order valence-corrected chi connectivity index (χ3v) is 6.33. The molecule has 0 fully saturated rings. The predicted molar refractivity (Wildman–Crippen MR) is 122 cm³/mol. The molecule has 2 N–H and O–H groups in total. The summed E-state index contributed by atoms with van der Waals surface area (Å²) in [6.45, 7) is 1.78. The molecule has 0 saturated heterocycles. The summed E-state index contributed by atoms with van der Waals surface area (Å²) in [6.07, 6.45) is 0.167. The van der Waals surface area contributed by atoms with Crippen LogP contribution in [0, 0.1) is 6.92 Å². The predicted octanol–water partition coefficient (Wildman–Crippen LogP) is 4.19. The number of amides is 1. The highest BCUT2D eigenvalue weighted by molar-refractivity contribution is 7.89. The number of methoxy groups -OCH3 is 1. The first-order chi connectivity index (χ1) is 14.8. The van der Waals surface area contributed by atoms with Crippen molar-refractivity contribution >= 4 is 33.2 Å². The maximum atomic E-state index is 13.2. The fourth-order valence-electron chi connectivity index (χ4n) is 3.08. The Bertz CT molecular complexity index is 1170. The van der Waals surface area contributed by atoms with Crippen molar-refractivity contribution in [1.29, 1.82) is 0 Å². The van der Waals surface area contributed by atoms with Crippen molar-refractivity contribution in [1.82, 2.24) is 4.72 Å². The summed E-state index contributed by atoms with van der Waals surface area (Å²) < 4.78 is 34.1. The molecule has 0 heterocycles. The maximum absolute atomic E-state index is 13.2. The monoisotopic (exact) mass is 458 g/mol. The maximum Gasteiger partial charge on any atom is 0.245 e. The molecule has 3 aromatic rings. The molecule has 0 aromatic heterocycles. The Morgan fingerprint density at radius 2 is 1.77 bits per heavy atom. The van der Waals surface area contributed by atoms with E-state index in [0.29, 0.717) is 10.7 Å². The van der Waals surface area contributed by atoms with Gasteiger partial charge in [-0.05, 0) is 54.8 Å². The summed E-state index contributed by atoms with van der Waals surface area (Å²) >= 11 is 6.00. The lowest BCUT2D eigenvalue weighted by Gasteiger charge is -2.20. The normalized spacial score (nSPS) is 12.2. The largest absolute Gasteiger partial charge is 0.495 e. The minimum Gasteiger partial charge on any atom is -0.495 e. The lowest BCUT2D eigenvalue weighted by molar-refractivity contribution is -0.117. The molecule has 162 valence electrons. The fraction of sp³-hybridized carbons (Fsp3) is 0.174. The Kier molecular flexibility index (Phi) is 7.33. The number of sulfonamides is 1. The van der Waals surface area contributed by atoms with E-state index in [-0.39, 0.29) is 17.1 Å². The molecule has 1 atom stereocenters. The average molecular weight is 459 g/mol. The first-order valence-electron chi connectivity index (χ1n) is 9.56. The van der Waals surface area contributed by atoms with E-state index in [1.165, 1.54) is 13.2 Å². The Balaban J connectivity index is 1.92. The van der Waals surface area contributed by atoms with Crippen LogP contribution in [0.3, 0.4) is 0 Å². The van der Waals surface area contributed by atoms with E-state index in [1.54, 1.807) is 43.3 Å². The standard InChI is InChI=1S/C23H23ClN2O4S/c1-16-11-12-21(30-2)22(13-16)31(28,29)26-20(14-17-7-4-3-5-8-17)23(27)25-19-10-6-9-18(24)15-19/h3-13,15,20,26H,14H2,1-2H3,(H,25,27)/t20-/m1/s1. The summed E-state index contributed by atoms with van der Waals surface area (Å²) in [5.74, 6) is -0.298. The smallest absolute Gasteiger partial charge is 0.245 e. The number of carbonyl (C=O) groups is 1. The summed E-state index contributed by atoms with van der Waals surface area (Å²) in [5, 5.41) is 3.20. The number of aryl methyl sites for hydroxylation is 1. The zero-order chi connectivity index (χ0) is 22.4. The SMILES string of the molecule is COc1ccc(C)cc1S(=O)(=O)N[C@H](Cc1ccccc1)C(=O)Nc1cccc(Cl)c1.